The quantitative estimate of drug-likeness (QED) is 0.701. The first-order valence-electron chi connectivity index (χ1n) is 7.34. The molecular formula is C16H14ClN5O3. The zero-order valence-corrected chi connectivity index (χ0v) is 13.7. The smallest absolute Gasteiger partial charge is 0.325 e. The van der Waals surface area contributed by atoms with Gasteiger partial charge in [0.05, 0.1) is 6.54 Å². The van der Waals surface area contributed by atoms with Crippen LogP contribution in [-0.2, 0) is 17.9 Å². The molecule has 0 radical (unpaired) electrons. The average molecular weight is 360 g/mol. The number of aromatic nitrogens is 4. The highest BCUT2D eigenvalue weighted by molar-refractivity contribution is 6.30. The number of rotatable bonds is 6. The molecule has 1 aromatic carbocycles. The van der Waals surface area contributed by atoms with Crippen LogP contribution in [0.1, 0.15) is 16.1 Å². The predicted octanol–water partition coefficient (Wildman–Crippen LogP) is 2.12. The second-order valence-electron chi connectivity index (χ2n) is 5.25. The first-order valence-corrected chi connectivity index (χ1v) is 7.72. The van der Waals surface area contributed by atoms with E-state index < -0.39 is 11.9 Å². The van der Waals surface area contributed by atoms with E-state index in [-0.39, 0.29) is 12.2 Å². The Morgan fingerprint density at radius 2 is 1.92 bits per heavy atom. The Kier molecular flexibility index (Phi) is 4.80. The number of carboxylic acids is 1. The van der Waals surface area contributed by atoms with Gasteiger partial charge in [0.25, 0.3) is 5.91 Å². The number of benzene rings is 1. The number of halogens is 1. The molecule has 2 N–H and O–H groups in total. The van der Waals surface area contributed by atoms with Crippen LogP contribution in [0.25, 0.3) is 0 Å². The number of carboxylic acid groups (broad SMARTS) is 1. The lowest BCUT2D eigenvalue weighted by molar-refractivity contribution is -0.137. The minimum absolute atomic E-state index is 0.148. The molecule has 0 saturated heterocycles. The molecule has 0 bridgehead atoms. The fourth-order valence-electron chi connectivity index (χ4n) is 2.25. The molecule has 9 heteroatoms. The largest absolute Gasteiger partial charge is 0.480 e. The highest BCUT2D eigenvalue weighted by atomic mass is 35.5. The molecule has 3 aromatic rings. The van der Waals surface area contributed by atoms with Crippen LogP contribution in [-0.4, -0.2) is 36.5 Å². The molecule has 0 fully saturated rings. The molecule has 8 nitrogen and oxygen atoms in total. The lowest BCUT2D eigenvalue weighted by Gasteiger charge is -2.05. The van der Waals surface area contributed by atoms with Crippen molar-refractivity contribution in [2.45, 2.75) is 13.1 Å². The van der Waals surface area contributed by atoms with Gasteiger partial charge in [0.2, 0.25) is 0 Å². The number of carbonyl (C=O) groups is 2. The maximum Gasteiger partial charge on any atom is 0.325 e. The lowest BCUT2D eigenvalue weighted by Crippen LogP contribution is -2.21. The van der Waals surface area contributed by atoms with E-state index >= 15 is 0 Å². The summed E-state index contributed by atoms with van der Waals surface area (Å²) in [7, 11) is 0. The monoisotopic (exact) mass is 359 g/mol. The van der Waals surface area contributed by atoms with E-state index in [1.807, 2.05) is 12.1 Å². The molecule has 2 heterocycles. The molecule has 1 amide bonds. The minimum atomic E-state index is -1.08. The van der Waals surface area contributed by atoms with Gasteiger partial charge in [0, 0.05) is 23.5 Å². The SMILES string of the molecule is O=C(O)Cn1nccc1C(=O)Nc1ccn(Cc2ccc(Cl)cc2)n1. The molecule has 0 saturated carbocycles. The summed E-state index contributed by atoms with van der Waals surface area (Å²) in [6, 6.07) is 10.5. The predicted molar refractivity (Wildman–Crippen MR) is 90.6 cm³/mol. The van der Waals surface area contributed by atoms with Crippen LogP contribution < -0.4 is 5.32 Å². The Morgan fingerprint density at radius 1 is 1.16 bits per heavy atom. The van der Waals surface area contributed by atoms with E-state index in [1.165, 1.54) is 12.3 Å². The molecule has 128 valence electrons. The van der Waals surface area contributed by atoms with Gasteiger partial charge in [-0.25, -0.2) is 4.68 Å². The minimum Gasteiger partial charge on any atom is -0.480 e. The van der Waals surface area contributed by atoms with Gasteiger partial charge in [-0.2, -0.15) is 10.2 Å². The summed E-state index contributed by atoms with van der Waals surface area (Å²) in [6.45, 7) is 0.144. The third-order valence-electron chi connectivity index (χ3n) is 3.37. The molecule has 0 aliphatic heterocycles. The molecule has 0 atom stereocenters. The van der Waals surface area contributed by atoms with Crippen LogP contribution in [0.2, 0.25) is 5.02 Å². The number of hydrogen-bond donors (Lipinski definition) is 2. The number of anilines is 1. The molecule has 3 rings (SSSR count). The summed E-state index contributed by atoms with van der Waals surface area (Å²) in [6.07, 6.45) is 3.11. The van der Waals surface area contributed by atoms with E-state index in [4.69, 9.17) is 16.7 Å². The molecule has 2 aromatic heterocycles. The number of hydrogen-bond acceptors (Lipinski definition) is 4. The molecule has 0 spiro atoms. The number of aliphatic carboxylic acids is 1. The van der Waals surface area contributed by atoms with Gasteiger partial charge in [0.1, 0.15) is 12.2 Å². The number of nitrogens with zero attached hydrogens (tertiary/aromatic N) is 4. The number of nitrogens with one attached hydrogen (secondary N) is 1. The second kappa shape index (κ2) is 7.18. The summed E-state index contributed by atoms with van der Waals surface area (Å²) < 4.78 is 2.79. The standard InChI is InChI=1S/C16H14ClN5O3/c17-12-3-1-11(2-4-12)9-21-8-6-14(20-21)19-16(25)13-5-7-18-22(13)10-15(23)24/h1-8H,9-10H2,(H,23,24)(H,19,20,25). The summed E-state index contributed by atoms with van der Waals surface area (Å²) in [5.41, 5.74) is 1.17. The maximum absolute atomic E-state index is 12.3. The van der Waals surface area contributed by atoms with Crippen molar-refractivity contribution in [1.29, 1.82) is 0 Å². The van der Waals surface area contributed by atoms with Gasteiger partial charge >= 0.3 is 5.97 Å². The summed E-state index contributed by atoms with van der Waals surface area (Å²) in [5.74, 6) is -1.19. The van der Waals surface area contributed by atoms with E-state index in [0.717, 1.165) is 10.2 Å². The molecule has 0 unspecified atom stereocenters. The van der Waals surface area contributed by atoms with Crippen LogP contribution >= 0.6 is 11.6 Å². The highest BCUT2D eigenvalue weighted by Crippen LogP contribution is 2.12. The lowest BCUT2D eigenvalue weighted by atomic mass is 10.2. The molecule has 25 heavy (non-hydrogen) atoms. The van der Waals surface area contributed by atoms with Crippen molar-refractivity contribution in [2.24, 2.45) is 0 Å². The van der Waals surface area contributed by atoms with Gasteiger partial charge in [0.15, 0.2) is 5.82 Å². The van der Waals surface area contributed by atoms with Crippen molar-refractivity contribution in [3.8, 4) is 0 Å². The van der Waals surface area contributed by atoms with Crippen LogP contribution in [0, 0.1) is 0 Å². The van der Waals surface area contributed by atoms with Gasteiger partial charge in [-0.3, -0.25) is 14.3 Å². The van der Waals surface area contributed by atoms with Crippen LogP contribution in [0.4, 0.5) is 5.82 Å². The third-order valence-corrected chi connectivity index (χ3v) is 3.63. The molecular weight excluding hydrogens is 346 g/mol. The maximum atomic E-state index is 12.3. The Morgan fingerprint density at radius 3 is 2.64 bits per heavy atom. The van der Waals surface area contributed by atoms with Crippen molar-refractivity contribution >= 4 is 29.3 Å². The van der Waals surface area contributed by atoms with E-state index in [2.05, 4.69) is 15.5 Å². The van der Waals surface area contributed by atoms with E-state index in [9.17, 15) is 9.59 Å². The Labute approximate surface area is 147 Å². The fourth-order valence-corrected chi connectivity index (χ4v) is 2.38. The number of carbonyl (C=O) groups excluding carboxylic acids is 1. The van der Waals surface area contributed by atoms with Crippen LogP contribution in [0.15, 0.2) is 48.8 Å². The van der Waals surface area contributed by atoms with E-state index in [1.54, 1.807) is 29.1 Å². The second-order valence-corrected chi connectivity index (χ2v) is 5.68. The zero-order valence-electron chi connectivity index (χ0n) is 13.0. The van der Waals surface area contributed by atoms with Gasteiger partial charge in [-0.1, -0.05) is 23.7 Å². The number of amides is 1. The van der Waals surface area contributed by atoms with Gasteiger partial charge in [-0.15, -0.1) is 0 Å². The third kappa shape index (κ3) is 4.24. The summed E-state index contributed by atoms with van der Waals surface area (Å²) in [5, 5.41) is 20.2. The fraction of sp³-hybridized carbons (Fsp3) is 0.125. The average Bonchev–Trinajstić information content (AvgIpc) is 3.18. The Hall–Kier alpha value is -3.13. The summed E-state index contributed by atoms with van der Waals surface area (Å²) >= 11 is 5.86. The Balaban J connectivity index is 1.67. The van der Waals surface area contributed by atoms with Crippen LogP contribution in [0.5, 0.6) is 0 Å². The van der Waals surface area contributed by atoms with E-state index in [0.29, 0.717) is 17.4 Å². The van der Waals surface area contributed by atoms with Gasteiger partial charge in [-0.05, 0) is 23.8 Å². The highest BCUT2D eigenvalue weighted by Gasteiger charge is 2.15. The first-order chi connectivity index (χ1) is 12.0. The molecule has 0 aliphatic rings. The van der Waals surface area contributed by atoms with Gasteiger partial charge < -0.3 is 10.4 Å². The zero-order chi connectivity index (χ0) is 17.8. The van der Waals surface area contributed by atoms with Crippen molar-refractivity contribution in [2.75, 3.05) is 5.32 Å². The first kappa shape index (κ1) is 16.7. The van der Waals surface area contributed by atoms with Crippen LogP contribution in [0.3, 0.4) is 0 Å². The molecule has 0 aliphatic carbocycles. The van der Waals surface area contributed by atoms with Crippen molar-refractivity contribution in [3.05, 3.63) is 65.1 Å². The van der Waals surface area contributed by atoms with Crippen molar-refractivity contribution in [1.82, 2.24) is 19.6 Å². The summed E-state index contributed by atoms with van der Waals surface area (Å²) in [4.78, 5) is 23.0. The van der Waals surface area contributed by atoms with Crippen molar-refractivity contribution in [3.63, 3.8) is 0 Å². The normalized spacial score (nSPS) is 10.6. The Bertz CT molecular complexity index is 901. The van der Waals surface area contributed by atoms with Crippen molar-refractivity contribution < 1.29 is 14.7 Å². The topological polar surface area (TPSA) is 102 Å².